The van der Waals surface area contributed by atoms with Crippen molar-refractivity contribution in [1.82, 2.24) is 5.16 Å². The van der Waals surface area contributed by atoms with Gasteiger partial charge in [-0.15, -0.1) is 0 Å². The van der Waals surface area contributed by atoms with Gasteiger partial charge in [0.2, 0.25) is 0 Å². The molecule has 0 saturated heterocycles. The summed E-state index contributed by atoms with van der Waals surface area (Å²) in [5, 5.41) is 6.92. The lowest BCUT2D eigenvalue weighted by atomic mass is 10.3. The minimum absolute atomic E-state index is 0.325. The van der Waals surface area contributed by atoms with Crippen LogP contribution in [0.15, 0.2) is 35.2 Å². The van der Waals surface area contributed by atoms with Gasteiger partial charge in [0.15, 0.2) is 0 Å². The fourth-order valence-electron chi connectivity index (χ4n) is 1.10. The zero-order valence-corrected chi connectivity index (χ0v) is 9.42. The number of amides is 1. The van der Waals surface area contributed by atoms with Crippen molar-refractivity contribution in [2.24, 2.45) is 0 Å². The maximum absolute atomic E-state index is 11.6. The molecule has 1 heterocycles. The van der Waals surface area contributed by atoms with Crippen LogP contribution in [0.5, 0.6) is 0 Å². The quantitative estimate of drug-likeness (QED) is 0.898. The highest BCUT2D eigenvalue weighted by Gasteiger charge is 2.10. The van der Waals surface area contributed by atoms with Crippen LogP contribution in [0.25, 0.3) is 0 Å². The standard InChI is InChI=1S/C10H6Cl2N2O2/c11-7-1-2-9(8(12)3-7)14-10(15)6-4-13-16-5-6/h1-5H,(H,14,15). The van der Waals surface area contributed by atoms with Gasteiger partial charge in [0.05, 0.1) is 22.5 Å². The Hall–Kier alpha value is -1.52. The van der Waals surface area contributed by atoms with E-state index in [4.69, 9.17) is 23.2 Å². The number of carbonyl (C=O) groups is 1. The van der Waals surface area contributed by atoms with Gasteiger partial charge in [0.25, 0.3) is 5.91 Å². The first-order valence-corrected chi connectivity index (χ1v) is 5.08. The van der Waals surface area contributed by atoms with Crippen LogP contribution in [0.1, 0.15) is 10.4 Å². The van der Waals surface area contributed by atoms with Crippen molar-refractivity contribution in [3.8, 4) is 0 Å². The SMILES string of the molecule is O=C(Nc1ccc(Cl)cc1Cl)c1cnoc1. The monoisotopic (exact) mass is 256 g/mol. The number of hydrogen-bond donors (Lipinski definition) is 1. The van der Waals surface area contributed by atoms with E-state index in [0.717, 1.165) is 0 Å². The molecule has 4 nitrogen and oxygen atoms in total. The van der Waals surface area contributed by atoms with E-state index in [-0.39, 0.29) is 5.91 Å². The molecule has 0 radical (unpaired) electrons. The summed E-state index contributed by atoms with van der Waals surface area (Å²) in [7, 11) is 0. The summed E-state index contributed by atoms with van der Waals surface area (Å²) in [6.45, 7) is 0. The maximum atomic E-state index is 11.6. The number of anilines is 1. The van der Waals surface area contributed by atoms with Crippen LogP contribution in [0.4, 0.5) is 5.69 Å². The van der Waals surface area contributed by atoms with Crippen molar-refractivity contribution in [2.45, 2.75) is 0 Å². The van der Waals surface area contributed by atoms with Crippen LogP contribution in [0, 0.1) is 0 Å². The smallest absolute Gasteiger partial charge is 0.260 e. The van der Waals surface area contributed by atoms with E-state index < -0.39 is 0 Å². The highest BCUT2D eigenvalue weighted by Crippen LogP contribution is 2.25. The Morgan fingerprint density at radius 1 is 1.38 bits per heavy atom. The van der Waals surface area contributed by atoms with Crippen molar-refractivity contribution in [2.75, 3.05) is 5.32 Å². The molecule has 1 aromatic carbocycles. The van der Waals surface area contributed by atoms with E-state index >= 15 is 0 Å². The third-order valence-electron chi connectivity index (χ3n) is 1.87. The lowest BCUT2D eigenvalue weighted by Crippen LogP contribution is -2.11. The summed E-state index contributed by atoms with van der Waals surface area (Å²) < 4.78 is 4.56. The number of benzene rings is 1. The van der Waals surface area contributed by atoms with Gasteiger partial charge in [0.1, 0.15) is 6.26 Å². The van der Waals surface area contributed by atoms with Gasteiger partial charge in [-0.05, 0) is 18.2 Å². The molecule has 0 aliphatic rings. The highest BCUT2D eigenvalue weighted by molar-refractivity contribution is 6.36. The Kier molecular flexibility index (Phi) is 3.12. The van der Waals surface area contributed by atoms with E-state index in [1.54, 1.807) is 18.2 Å². The minimum Gasteiger partial charge on any atom is -0.364 e. The summed E-state index contributed by atoms with van der Waals surface area (Å²) in [5.74, 6) is -0.342. The predicted octanol–water partition coefficient (Wildman–Crippen LogP) is 3.23. The van der Waals surface area contributed by atoms with E-state index in [9.17, 15) is 4.79 Å². The molecule has 0 bridgehead atoms. The second kappa shape index (κ2) is 4.55. The second-order valence-electron chi connectivity index (χ2n) is 2.99. The number of nitrogens with one attached hydrogen (secondary N) is 1. The third kappa shape index (κ3) is 2.35. The number of carbonyl (C=O) groups excluding carboxylic acids is 1. The summed E-state index contributed by atoms with van der Waals surface area (Å²) in [6, 6.07) is 4.80. The molecule has 82 valence electrons. The molecule has 1 N–H and O–H groups in total. The van der Waals surface area contributed by atoms with Gasteiger partial charge in [0, 0.05) is 5.02 Å². The van der Waals surface area contributed by atoms with E-state index in [2.05, 4.69) is 15.0 Å². The maximum Gasteiger partial charge on any atom is 0.260 e. The molecule has 0 spiro atoms. The van der Waals surface area contributed by atoms with Gasteiger partial charge in [-0.25, -0.2) is 0 Å². The molecule has 0 unspecified atom stereocenters. The molecule has 0 fully saturated rings. The van der Waals surface area contributed by atoms with Crippen molar-refractivity contribution in [3.63, 3.8) is 0 Å². The Balaban J connectivity index is 2.18. The Labute approximate surface area is 101 Å². The molecule has 6 heteroatoms. The Morgan fingerprint density at radius 2 is 2.19 bits per heavy atom. The number of nitrogens with zero attached hydrogens (tertiary/aromatic N) is 1. The molecule has 0 aliphatic carbocycles. The van der Waals surface area contributed by atoms with Crippen molar-refractivity contribution in [1.29, 1.82) is 0 Å². The van der Waals surface area contributed by atoms with Crippen molar-refractivity contribution >= 4 is 34.8 Å². The summed E-state index contributed by atoms with van der Waals surface area (Å²) in [5.41, 5.74) is 0.809. The van der Waals surface area contributed by atoms with Crippen LogP contribution in [0.2, 0.25) is 10.0 Å². The number of halogens is 2. The summed E-state index contributed by atoms with van der Waals surface area (Å²) in [6.07, 6.45) is 2.57. The van der Waals surface area contributed by atoms with Crippen molar-refractivity contribution < 1.29 is 9.32 Å². The molecular weight excluding hydrogens is 251 g/mol. The van der Waals surface area contributed by atoms with Gasteiger partial charge in [-0.2, -0.15) is 0 Å². The molecular formula is C10H6Cl2N2O2. The van der Waals surface area contributed by atoms with Crippen molar-refractivity contribution in [3.05, 3.63) is 46.3 Å². The minimum atomic E-state index is -0.342. The average molecular weight is 257 g/mol. The van der Waals surface area contributed by atoms with E-state index in [0.29, 0.717) is 21.3 Å². The van der Waals surface area contributed by atoms with Gasteiger partial charge >= 0.3 is 0 Å². The number of aromatic nitrogens is 1. The topological polar surface area (TPSA) is 55.1 Å². The first-order chi connectivity index (χ1) is 7.66. The normalized spacial score (nSPS) is 10.1. The van der Waals surface area contributed by atoms with Gasteiger partial charge in [-0.1, -0.05) is 28.4 Å². The molecule has 1 aromatic heterocycles. The fourth-order valence-corrected chi connectivity index (χ4v) is 1.56. The van der Waals surface area contributed by atoms with Gasteiger partial charge in [-0.3, -0.25) is 4.79 Å². The van der Waals surface area contributed by atoms with Gasteiger partial charge < -0.3 is 9.84 Å². The molecule has 0 atom stereocenters. The first-order valence-electron chi connectivity index (χ1n) is 4.32. The van der Waals surface area contributed by atoms with Crippen LogP contribution in [-0.2, 0) is 0 Å². The summed E-state index contributed by atoms with van der Waals surface area (Å²) >= 11 is 11.6. The van der Waals surface area contributed by atoms with Crippen LogP contribution in [-0.4, -0.2) is 11.1 Å². The molecule has 0 aliphatic heterocycles. The molecule has 16 heavy (non-hydrogen) atoms. The molecule has 2 aromatic rings. The lowest BCUT2D eigenvalue weighted by Gasteiger charge is -2.05. The number of hydrogen-bond acceptors (Lipinski definition) is 3. The fraction of sp³-hybridized carbons (Fsp3) is 0. The lowest BCUT2D eigenvalue weighted by molar-refractivity contribution is 0.102. The molecule has 1 amide bonds. The van der Waals surface area contributed by atoms with E-state index in [1.165, 1.54) is 12.5 Å². The highest BCUT2D eigenvalue weighted by atomic mass is 35.5. The third-order valence-corrected chi connectivity index (χ3v) is 2.42. The average Bonchev–Trinajstić information content (AvgIpc) is 2.75. The molecule has 0 saturated carbocycles. The second-order valence-corrected chi connectivity index (χ2v) is 3.84. The zero-order chi connectivity index (χ0) is 11.5. The predicted molar refractivity (Wildman–Crippen MR) is 60.9 cm³/mol. The summed E-state index contributed by atoms with van der Waals surface area (Å²) in [4.78, 5) is 11.6. The Bertz CT molecular complexity index is 512. The zero-order valence-electron chi connectivity index (χ0n) is 7.91. The van der Waals surface area contributed by atoms with Crippen LogP contribution >= 0.6 is 23.2 Å². The van der Waals surface area contributed by atoms with Crippen LogP contribution < -0.4 is 5.32 Å². The first kappa shape index (κ1) is 11.0. The number of rotatable bonds is 2. The molecule has 2 rings (SSSR count). The van der Waals surface area contributed by atoms with E-state index in [1.807, 2.05) is 0 Å². The Morgan fingerprint density at radius 3 is 2.81 bits per heavy atom. The largest absolute Gasteiger partial charge is 0.364 e. The van der Waals surface area contributed by atoms with Crippen LogP contribution in [0.3, 0.4) is 0 Å².